The van der Waals surface area contributed by atoms with Crippen LogP contribution in [0.15, 0.2) is 18.2 Å². The largest absolute Gasteiger partial charge is 0.350 e. The van der Waals surface area contributed by atoms with E-state index in [1.807, 2.05) is 6.07 Å². The average Bonchev–Trinajstić information content (AvgIpc) is 2.40. The van der Waals surface area contributed by atoms with E-state index in [4.69, 9.17) is 23.2 Å². The molecule has 0 radical (unpaired) electrons. The predicted molar refractivity (Wildman–Crippen MR) is 89.2 cm³/mol. The first-order valence-corrected chi connectivity index (χ1v) is 9.02. The first-order chi connectivity index (χ1) is 10.5. The van der Waals surface area contributed by atoms with Gasteiger partial charge in [0, 0.05) is 5.54 Å². The molecule has 0 atom stereocenters. The Morgan fingerprint density at radius 2 is 1.64 bits per heavy atom. The highest BCUT2D eigenvalue weighted by atomic mass is 35.5. The second-order valence-corrected chi connectivity index (χ2v) is 8.49. The van der Waals surface area contributed by atoms with Crippen LogP contribution in [-0.4, -0.2) is 11.4 Å². The molecule has 0 saturated heterocycles. The van der Waals surface area contributed by atoms with Crippen molar-refractivity contribution in [1.29, 1.82) is 0 Å². The molecule has 1 aromatic rings. The minimum Gasteiger partial charge on any atom is -0.350 e. The van der Waals surface area contributed by atoms with Gasteiger partial charge in [0.2, 0.25) is 5.91 Å². The van der Waals surface area contributed by atoms with Crippen molar-refractivity contribution in [2.45, 2.75) is 50.5 Å². The molecule has 0 heterocycles. The van der Waals surface area contributed by atoms with E-state index in [2.05, 4.69) is 5.32 Å². The van der Waals surface area contributed by atoms with Gasteiger partial charge >= 0.3 is 0 Å². The molecule has 2 nitrogen and oxygen atoms in total. The van der Waals surface area contributed by atoms with E-state index in [-0.39, 0.29) is 11.4 Å². The van der Waals surface area contributed by atoms with Crippen molar-refractivity contribution in [3.05, 3.63) is 33.8 Å². The number of amides is 1. The molecule has 1 amide bonds. The fraction of sp³-hybridized carbons (Fsp3) is 0.611. The molecule has 1 aromatic carbocycles. The van der Waals surface area contributed by atoms with Gasteiger partial charge < -0.3 is 5.32 Å². The lowest BCUT2D eigenvalue weighted by atomic mass is 9.53. The van der Waals surface area contributed by atoms with Gasteiger partial charge in [0.05, 0.1) is 16.5 Å². The van der Waals surface area contributed by atoms with Gasteiger partial charge in [-0.15, -0.1) is 0 Å². The molecule has 22 heavy (non-hydrogen) atoms. The molecule has 118 valence electrons. The molecule has 4 fully saturated rings. The number of nitrogens with one attached hydrogen (secondary N) is 1. The molecule has 4 aliphatic rings. The molecule has 1 N–H and O–H groups in total. The summed E-state index contributed by atoms with van der Waals surface area (Å²) < 4.78 is 0. The van der Waals surface area contributed by atoms with Gasteiger partial charge in [-0.05, 0) is 74.0 Å². The number of hydrogen-bond donors (Lipinski definition) is 1. The lowest BCUT2D eigenvalue weighted by Gasteiger charge is -2.56. The standard InChI is InChI=1S/C18H21Cl2NO/c19-15-2-1-11(6-16(15)20)7-17(22)21-18-8-12-3-13(9-18)5-14(4-12)10-18/h1-2,6,12-14H,3-5,7-10H2,(H,21,22). The fourth-order valence-electron chi connectivity index (χ4n) is 5.44. The zero-order chi connectivity index (χ0) is 15.3. The Hall–Kier alpha value is -0.730. The Balaban J connectivity index is 1.44. The van der Waals surface area contributed by atoms with Crippen LogP contribution in [0.3, 0.4) is 0 Å². The summed E-state index contributed by atoms with van der Waals surface area (Å²) in [5.74, 6) is 2.66. The topological polar surface area (TPSA) is 29.1 Å². The van der Waals surface area contributed by atoms with Crippen molar-refractivity contribution >= 4 is 29.1 Å². The average molecular weight is 338 g/mol. The Kier molecular flexibility index (Phi) is 3.65. The number of halogens is 2. The molecular formula is C18H21Cl2NO. The zero-order valence-corrected chi connectivity index (χ0v) is 14.1. The van der Waals surface area contributed by atoms with Gasteiger partial charge in [-0.3, -0.25) is 4.79 Å². The summed E-state index contributed by atoms with van der Waals surface area (Å²) in [7, 11) is 0. The highest BCUT2D eigenvalue weighted by Crippen LogP contribution is 2.55. The second-order valence-electron chi connectivity index (χ2n) is 7.67. The van der Waals surface area contributed by atoms with E-state index >= 15 is 0 Å². The minimum atomic E-state index is 0.0854. The Labute approximate surface area is 141 Å². The monoisotopic (exact) mass is 337 g/mol. The molecule has 4 bridgehead atoms. The Bertz CT molecular complexity index is 578. The van der Waals surface area contributed by atoms with Crippen LogP contribution < -0.4 is 5.32 Å². The SMILES string of the molecule is O=C(Cc1ccc(Cl)c(Cl)c1)NC12CC3CC(CC(C3)C1)C2. The first-order valence-electron chi connectivity index (χ1n) is 8.26. The smallest absolute Gasteiger partial charge is 0.224 e. The summed E-state index contributed by atoms with van der Waals surface area (Å²) >= 11 is 12.0. The third-order valence-electron chi connectivity index (χ3n) is 5.79. The summed E-state index contributed by atoms with van der Waals surface area (Å²) in [5, 5.41) is 4.44. The lowest BCUT2D eigenvalue weighted by Crippen LogP contribution is -2.60. The molecule has 4 heteroatoms. The number of hydrogen-bond acceptors (Lipinski definition) is 1. The quantitative estimate of drug-likeness (QED) is 0.856. The first kappa shape index (κ1) is 14.8. The second kappa shape index (κ2) is 5.42. The Morgan fingerprint density at radius 3 is 2.18 bits per heavy atom. The van der Waals surface area contributed by atoms with Crippen molar-refractivity contribution < 1.29 is 4.79 Å². The van der Waals surface area contributed by atoms with E-state index in [0.717, 1.165) is 23.3 Å². The summed E-state index contributed by atoms with van der Waals surface area (Å²) in [6.07, 6.45) is 8.12. The van der Waals surface area contributed by atoms with E-state index in [1.165, 1.54) is 38.5 Å². The highest BCUT2D eigenvalue weighted by Gasteiger charge is 2.51. The summed E-state index contributed by atoms with van der Waals surface area (Å²) in [5.41, 5.74) is 1.01. The van der Waals surface area contributed by atoms with Crippen molar-refractivity contribution in [2.75, 3.05) is 0 Å². The molecule has 5 rings (SSSR count). The van der Waals surface area contributed by atoms with E-state index < -0.39 is 0 Å². The molecule has 0 aliphatic heterocycles. The van der Waals surface area contributed by atoms with Crippen LogP contribution in [0.2, 0.25) is 10.0 Å². The van der Waals surface area contributed by atoms with Crippen LogP contribution >= 0.6 is 23.2 Å². The van der Waals surface area contributed by atoms with Crippen LogP contribution in [0.25, 0.3) is 0 Å². The third kappa shape index (κ3) is 2.76. The number of carbonyl (C=O) groups excluding carboxylic acids is 1. The maximum Gasteiger partial charge on any atom is 0.224 e. The van der Waals surface area contributed by atoms with Gasteiger partial charge in [0.15, 0.2) is 0 Å². The van der Waals surface area contributed by atoms with Crippen LogP contribution in [0, 0.1) is 17.8 Å². The number of rotatable bonds is 3. The third-order valence-corrected chi connectivity index (χ3v) is 6.53. The molecule has 0 unspecified atom stereocenters. The van der Waals surface area contributed by atoms with Gasteiger partial charge in [-0.2, -0.15) is 0 Å². The minimum absolute atomic E-state index is 0.0854. The van der Waals surface area contributed by atoms with Crippen molar-refractivity contribution in [3.63, 3.8) is 0 Å². The summed E-state index contributed by atoms with van der Waals surface area (Å²) in [6, 6.07) is 5.44. The van der Waals surface area contributed by atoms with Gasteiger partial charge in [-0.1, -0.05) is 29.3 Å². The molecule has 4 saturated carbocycles. The van der Waals surface area contributed by atoms with E-state index in [9.17, 15) is 4.79 Å². The maximum absolute atomic E-state index is 12.5. The van der Waals surface area contributed by atoms with Crippen molar-refractivity contribution in [3.8, 4) is 0 Å². The zero-order valence-electron chi connectivity index (χ0n) is 12.6. The summed E-state index contributed by atoms with van der Waals surface area (Å²) in [6.45, 7) is 0. The van der Waals surface area contributed by atoms with E-state index in [1.54, 1.807) is 12.1 Å². The predicted octanol–water partition coefficient (Wildman–Crippen LogP) is 4.62. The maximum atomic E-state index is 12.5. The fourth-order valence-corrected chi connectivity index (χ4v) is 5.76. The van der Waals surface area contributed by atoms with Crippen LogP contribution in [0.1, 0.15) is 44.1 Å². The molecule has 0 aromatic heterocycles. The lowest BCUT2D eigenvalue weighted by molar-refractivity contribution is -0.126. The van der Waals surface area contributed by atoms with Gasteiger partial charge in [-0.25, -0.2) is 0 Å². The van der Waals surface area contributed by atoms with Gasteiger partial charge in [0.25, 0.3) is 0 Å². The normalized spacial score (nSPS) is 35.6. The highest BCUT2D eigenvalue weighted by molar-refractivity contribution is 6.42. The Morgan fingerprint density at radius 1 is 1.05 bits per heavy atom. The molecule has 0 spiro atoms. The summed E-state index contributed by atoms with van der Waals surface area (Å²) in [4.78, 5) is 12.5. The van der Waals surface area contributed by atoms with Gasteiger partial charge in [0.1, 0.15) is 0 Å². The number of benzene rings is 1. The molecular weight excluding hydrogens is 317 g/mol. The molecule has 4 aliphatic carbocycles. The van der Waals surface area contributed by atoms with Crippen LogP contribution in [-0.2, 0) is 11.2 Å². The van der Waals surface area contributed by atoms with Crippen LogP contribution in [0.4, 0.5) is 0 Å². The van der Waals surface area contributed by atoms with Crippen molar-refractivity contribution in [1.82, 2.24) is 5.32 Å². The van der Waals surface area contributed by atoms with E-state index in [0.29, 0.717) is 16.5 Å². The van der Waals surface area contributed by atoms with Crippen molar-refractivity contribution in [2.24, 2.45) is 17.8 Å². The number of carbonyl (C=O) groups is 1. The van der Waals surface area contributed by atoms with Crippen LogP contribution in [0.5, 0.6) is 0 Å².